The van der Waals surface area contributed by atoms with Crippen molar-refractivity contribution in [3.05, 3.63) is 11.6 Å². The standard InChI is InChI=1S/C35H59N5O11/c1-23(2)7-8-26-34(5,51-26)31-30(46-6)25(9-11-35(31)22-49-35)50-33(45)39-15-18-48-20-19-47-17-14-37-27(42)10-12-38-29(24(3)4)32(44)40-21-28(43)36-13-16-41/h7,16,24-26,29-31,38H,8-15,17-22H2,1-6H3,(H,36,43)(H,37,42)(H,39,45)(H,40,44)/t25?,26-,29+,30?,31?,34?,35+/m1/s1. The largest absolute Gasteiger partial charge is 0.443 e. The molecular formula is C35H59N5O11. The fraction of sp³-hybridized carbons (Fsp3) is 0.800. The summed E-state index contributed by atoms with van der Waals surface area (Å²) in [5, 5.41) is 13.4. The van der Waals surface area contributed by atoms with Gasteiger partial charge >= 0.3 is 6.09 Å². The summed E-state index contributed by atoms with van der Waals surface area (Å²) in [6.45, 7) is 12.3. The molecule has 0 aromatic heterocycles. The highest BCUT2D eigenvalue weighted by Crippen LogP contribution is 2.59. The molecule has 3 aliphatic rings. The van der Waals surface area contributed by atoms with Gasteiger partial charge in [0.2, 0.25) is 17.7 Å². The molecule has 1 aliphatic carbocycles. The van der Waals surface area contributed by atoms with Gasteiger partial charge in [0.15, 0.2) is 0 Å². The summed E-state index contributed by atoms with van der Waals surface area (Å²) in [5.41, 5.74) is 0.561. The minimum Gasteiger partial charge on any atom is -0.443 e. The summed E-state index contributed by atoms with van der Waals surface area (Å²) in [6, 6.07) is -0.587. The zero-order valence-electron chi connectivity index (χ0n) is 31.0. The van der Waals surface area contributed by atoms with Crippen molar-refractivity contribution in [2.75, 3.05) is 72.9 Å². The van der Waals surface area contributed by atoms with E-state index in [1.54, 1.807) is 7.11 Å². The van der Waals surface area contributed by atoms with Crippen LogP contribution in [0.15, 0.2) is 11.6 Å². The first-order valence-corrected chi connectivity index (χ1v) is 17.9. The van der Waals surface area contributed by atoms with Gasteiger partial charge in [-0.1, -0.05) is 25.5 Å². The van der Waals surface area contributed by atoms with Gasteiger partial charge in [-0.2, -0.15) is 0 Å². The zero-order valence-corrected chi connectivity index (χ0v) is 31.0. The Balaban J connectivity index is 1.21. The third-order valence-corrected chi connectivity index (χ3v) is 9.42. The average Bonchev–Trinajstić information content (AvgIpc) is 4.01. The van der Waals surface area contributed by atoms with E-state index in [9.17, 15) is 24.0 Å². The van der Waals surface area contributed by atoms with E-state index >= 15 is 0 Å². The Morgan fingerprint density at radius 2 is 1.63 bits per heavy atom. The number of allylic oxidation sites excluding steroid dienone is 1. The van der Waals surface area contributed by atoms with Crippen molar-refractivity contribution >= 4 is 30.1 Å². The van der Waals surface area contributed by atoms with E-state index in [1.807, 2.05) is 13.8 Å². The maximum Gasteiger partial charge on any atom is 0.407 e. The number of carbonyl (C=O) groups is 5. The fourth-order valence-electron chi connectivity index (χ4n) is 6.62. The van der Waals surface area contributed by atoms with Crippen LogP contribution < -0.4 is 26.6 Å². The van der Waals surface area contributed by atoms with Gasteiger partial charge in [0, 0.05) is 33.2 Å². The van der Waals surface area contributed by atoms with Gasteiger partial charge in [-0.25, -0.2) is 4.79 Å². The van der Waals surface area contributed by atoms with Crippen LogP contribution in [-0.4, -0.2) is 139 Å². The molecule has 0 aromatic rings. The summed E-state index contributed by atoms with van der Waals surface area (Å²) >= 11 is 0. The number of aldehydes is 1. The van der Waals surface area contributed by atoms with Crippen LogP contribution >= 0.6 is 0 Å². The molecule has 4 amide bonds. The molecule has 2 aliphatic heterocycles. The first-order valence-electron chi connectivity index (χ1n) is 17.9. The van der Waals surface area contributed by atoms with Crippen LogP contribution in [0.1, 0.15) is 60.3 Å². The Morgan fingerprint density at radius 3 is 2.24 bits per heavy atom. The van der Waals surface area contributed by atoms with Crippen LogP contribution in [0, 0.1) is 11.8 Å². The van der Waals surface area contributed by atoms with E-state index in [-0.39, 0.29) is 80.7 Å². The molecule has 0 radical (unpaired) electrons. The van der Waals surface area contributed by atoms with E-state index in [0.29, 0.717) is 45.7 Å². The first-order chi connectivity index (χ1) is 24.4. The maximum absolute atomic E-state index is 12.6. The average molecular weight is 726 g/mol. The van der Waals surface area contributed by atoms with Gasteiger partial charge in [0.1, 0.15) is 29.7 Å². The van der Waals surface area contributed by atoms with Crippen LogP contribution in [0.5, 0.6) is 0 Å². The lowest BCUT2D eigenvalue weighted by Crippen LogP contribution is -2.56. The van der Waals surface area contributed by atoms with E-state index in [2.05, 4.69) is 53.4 Å². The molecule has 0 bridgehead atoms. The Morgan fingerprint density at radius 1 is 0.941 bits per heavy atom. The minimum absolute atomic E-state index is 0.0435. The van der Waals surface area contributed by atoms with E-state index < -0.39 is 29.7 Å². The number of alkyl carbamates (subject to hydrolysis) is 1. The maximum atomic E-state index is 12.6. The predicted molar refractivity (Wildman–Crippen MR) is 186 cm³/mol. The van der Waals surface area contributed by atoms with Crippen molar-refractivity contribution in [1.82, 2.24) is 26.6 Å². The molecule has 16 heteroatoms. The van der Waals surface area contributed by atoms with Gasteiger partial charge in [0.25, 0.3) is 0 Å². The Kier molecular flexibility index (Phi) is 17.2. The number of nitrogens with one attached hydrogen (secondary N) is 5. The molecule has 290 valence electrons. The molecule has 1 spiro atoms. The fourth-order valence-corrected chi connectivity index (χ4v) is 6.62. The highest BCUT2D eigenvalue weighted by atomic mass is 16.6. The molecule has 51 heavy (non-hydrogen) atoms. The highest BCUT2D eigenvalue weighted by molar-refractivity contribution is 5.88. The minimum atomic E-state index is -0.587. The van der Waals surface area contributed by atoms with Crippen LogP contribution in [0.25, 0.3) is 0 Å². The van der Waals surface area contributed by atoms with Gasteiger partial charge in [-0.05, 0) is 46.0 Å². The first kappa shape index (κ1) is 42.3. The number of amides is 4. The SMILES string of the molecule is COC1C(OC(=O)NCCOCCOCCNC(=O)CCN[C@H](C(=O)NCC(=O)NCC=O)C(C)C)CC[C@]2(CO2)C1C1(C)O[C@@H]1CC=C(C)C. The van der Waals surface area contributed by atoms with Gasteiger partial charge in [0.05, 0.1) is 64.2 Å². The third-order valence-electron chi connectivity index (χ3n) is 9.42. The lowest BCUT2D eigenvalue weighted by Gasteiger charge is -2.42. The third kappa shape index (κ3) is 13.4. The number of rotatable bonds is 24. The lowest BCUT2D eigenvalue weighted by molar-refractivity contribution is -0.128. The van der Waals surface area contributed by atoms with Crippen molar-refractivity contribution in [3.8, 4) is 0 Å². The molecule has 5 N–H and O–H groups in total. The number of carbonyl (C=O) groups excluding carboxylic acids is 5. The summed E-state index contributed by atoms with van der Waals surface area (Å²) in [7, 11) is 1.65. The Bertz CT molecular complexity index is 1190. The summed E-state index contributed by atoms with van der Waals surface area (Å²) in [6.07, 6.45) is 3.94. The molecule has 16 nitrogen and oxygen atoms in total. The Hall–Kier alpha value is -3.15. The summed E-state index contributed by atoms with van der Waals surface area (Å²) < 4.78 is 35.0. The summed E-state index contributed by atoms with van der Waals surface area (Å²) in [4.78, 5) is 59.2. The normalized spacial score (nSPS) is 26.9. The van der Waals surface area contributed by atoms with Crippen molar-refractivity contribution in [1.29, 1.82) is 0 Å². The van der Waals surface area contributed by atoms with Gasteiger partial charge in [-0.3, -0.25) is 14.4 Å². The number of ether oxygens (including phenoxy) is 6. The van der Waals surface area contributed by atoms with E-state index in [1.165, 1.54) is 5.57 Å². The molecule has 4 unspecified atom stereocenters. The molecule has 2 heterocycles. The molecule has 0 aromatic carbocycles. The monoisotopic (exact) mass is 725 g/mol. The molecular weight excluding hydrogens is 666 g/mol. The smallest absolute Gasteiger partial charge is 0.407 e. The molecule has 1 saturated carbocycles. The van der Waals surface area contributed by atoms with Gasteiger partial charge in [-0.15, -0.1) is 0 Å². The Labute approximate surface area is 301 Å². The van der Waals surface area contributed by atoms with Crippen LogP contribution in [-0.2, 0) is 47.6 Å². The number of hydrogen-bond acceptors (Lipinski definition) is 12. The van der Waals surface area contributed by atoms with Gasteiger partial charge < -0.3 is 59.8 Å². The van der Waals surface area contributed by atoms with E-state index in [4.69, 9.17) is 28.4 Å². The highest BCUT2D eigenvalue weighted by Gasteiger charge is 2.72. The molecule has 2 saturated heterocycles. The molecule has 3 rings (SSSR count). The second-order valence-electron chi connectivity index (χ2n) is 13.9. The predicted octanol–water partition coefficient (Wildman–Crippen LogP) is 0.374. The van der Waals surface area contributed by atoms with Crippen LogP contribution in [0.2, 0.25) is 0 Å². The van der Waals surface area contributed by atoms with Crippen LogP contribution in [0.3, 0.4) is 0 Å². The quantitative estimate of drug-likeness (QED) is 0.0396. The van der Waals surface area contributed by atoms with Crippen molar-refractivity contribution in [3.63, 3.8) is 0 Å². The second-order valence-corrected chi connectivity index (χ2v) is 13.9. The van der Waals surface area contributed by atoms with Crippen LogP contribution in [0.4, 0.5) is 4.79 Å². The molecule has 3 fully saturated rings. The number of methoxy groups -OCH3 is 1. The lowest BCUT2D eigenvalue weighted by atomic mass is 9.68. The van der Waals surface area contributed by atoms with E-state index in [0.717, 1.165) is 12.8 Å². The van der Waals surface area contributed by atoms with Crippen molar-refractivity contribution in [2.24, 2.45) is 11.8 Å². The number of hydrogen-bond donors (Lipinski definition) is 5. The van der Waals surface area contributed by atoms with Crippen molar-refractivity contribution in [2.45, 2.75) is 95.9 Å². The zero-order chi connectivity index (χ0) is 37.4. The number of epoxide rings is 2. The van der Waals surface area contributed by atoms with Crippen molar-refractivity contribution < 1.29 is 52.4 Å². The molecule has 7 atom stereocenters. The summed E-state index contributed by atoms with van der Waals surface area (Å²) in [5.74, 6) is -1.14. The topological polar surface area (TPSA) is 207 Å². The second kappa shape index (κ2) is 20.8.